The van der Waals surface area contributed by atoms with Crippen LogP contribution in [-0.4, -0.2) is 42.5 Å². The summed E-state index contributed by atoms with van der Waals surface area (Å²) < 4.78 is 29.3. The third-order valence-electron chi connectivity index (χ3n) is 4.84. The molecule has 0 spiro atoms. The van der Waals surface area contributed by atoms with Crippen LogP contribution in [0.5, 0.6) is 0 Å². The predicted octanol–water partition coefficient (Wildman–Crippen LogP) is 2.49. The van der Waals surface area contributed by atoms with Crippen LogP contribution in [0.2, 0.25) is 0 Å². The second kappa shape index (κ2) is 6.62. The number of anilines is 1. The van der Waals surface area contributed by atoms with E-state index in [0.29, 0.717) is 24.2 Å². The van der Waals surface area contributed by atoms with E-state index < -0.39 is 6.43 Å². The molecule has 4 heterocycles. The van der Waals surface area contributed by atoms with Crippen LogP contribution in [-0.2, 0) is 19.9 Å². The van der Waals surface area contributed by atoms with E-state index in [9.17, 15) is 8.78 Å². The summed E-state index contributed by atoms with van der Waals surface area (Å²) in [5.74, 6) is 1.68. The molecule has 1 aliphatic heterocycles. The molecule has 0 unspecified atom stereocenters. The first kappa shape index (κ1) is 16.9. The van der Waals surface area contributed by atoms with Crippen molar-refractivity contribution in [3.8, 4) is 0 Å². The molecule has 9 heteroatoms. The molecule has 4 rings (SSSR count). The third-order valence-corrected chi connectivity index (χ3v) is 4.84. The second-order valence-electron chi connectivity index (χ2n) is 6.62. The summed E-state index contributed by atoms with van der Waals surface area (Å²) in [4.78, 5) is 10.8. The molecule has 0 aromatic carbocycles. The highest BCUT2D eigenvalue weighted by atomic mass is 19.3. The van der Waals surface area contributed by atoms with Crippen LogP contribution >= 0.6 is 0 Å². The van der Waals surface area contributed by atoms with Gasteiger partial charge in [0.2, 0.25) is 5.95 Å². The molecule has 26 heavy (non-hydrogen) atoms. The molecular formula is C17H21F2N7. The highest BCUT2D eigenvalue weighted by molar-refractivity contribution is 5.42. The summed E-state index contributed by atoms with van der Waals surface area (Å²) in [6, 6.07) is 3.56. The number of hydrogen-bond donors (Lipinski definition) is 0. The Morgan fingerprint density at radius 2 is 1.85 bits per heavy atom. The monoisotopic (exact) mass is 361 g/mol. The van der Waals surface area contributed by atoms with E-state index in [1.54, 1.807) is 13.0 Å². The molecule has 3 aromatic rings. The Kier molecular flexibility index (Phi) is 4.29. The molecule has 138 valence electrons. The van der Waals surface area contributed by atoms with E-state index >= 15 is 0 Å². The SMILES string of the molecule is Cc1c(C(F)F)nc2ccc(CCc3nc(N4CCCC4)nn3C)nn12. The van der Waals surface area contributed by atoms with Crippen molar-refractivity contribution in [3.63, 3.8) is 0 Å². The molecular weight excluding hydrogens is 340 g/mol. The molecule has 7 nitrogen and oxygen atoms in total. The van der Waals surface area contributed by atoms with Gasteiger partial charge < -0.3 is 4.90 Å². The lowest BCUT2D eigenvalue weighted by molar-refractivity contribution is 0.146. The Hall–Kier alpha value is -2.58. The number of imidazole rings is 1. The fourth-order valence-corrected chi connectivity index (χ4v) is 3.35. The highest BCUT2D eigenvalue weighted by Gasteiger charge is 2.19. The molecule has 0 aliphatic carbocycles. The zero-order valence-electron chi connectivity index (χ0n) is 14.9. The zero-order chi connectivity index (χ0) is 18.3. The van der Waals surface area contributed by atoms with Crippen molar-refractivity contribution >= 4 is 11.6 Å². The first-order valence-corrected chi connectivity index (χ1v) is 8.81. The zero-order valence-corrected chi connectivity index (χ0v) is 14.9. The summed E-state index contributed by atoms with van der Waals surface area (Å²) >= 11 is 0. The Bertz CT molecular complexity index is 925. The summed E-state index contributed by atoms with van der Waals surface area (Å²) in [5.41, 5.74) is 1.42. The minimum atomic E-state index is -2.59. The van der Waals surface area contributed by atoms with Gasteiger partial charge in [-0.15, -0.1) is 5.10 Å². The second-order valence-corrected chi connectivity index (χ2v) is 6.62. The van der Waals surface area contributed by atoms with Crippen LogP contribution in [0.25, 0.3) is 5.65 Å². The van der Waals surface area contributed by atoms with Crippen LogP contribution in [0, 0.1) is 6.92 Å². The summed E-state index contributed by atoms with van der Waals surface area (Å²) in [7, 11) is 1.90. The number of fused-ring (bicyclic) bond motifs is 1. The van der Waals surface area contributed by atoms with E-state index in [2.05, 4.69) is 25.1 Å². The average molecular weight is 361 g/mol. The highest BCUT2D eigenvalue weighted by Crippen LogP contribution is 2.22. The number of alkyl halides is 2. The first-order chi connectivity index (χ1) is 12.5. The minimum Gasteiger partial charge on any atom is -0.340 e. The first-order valence-electron chi connectivity index (χ1n) is 8.81. The van der Waals surface area contributed by atoms with Gasteiger partial charge in [-0.2, -0.15) is 10.1 Å². The number of nitrogens with zero attached hydrogens (tertiary/aromatic N) is 7. The Labute approximate surface area is 149 Å². The molecule has 0 bridgehead atoms. The van der Waals surface area contributed by atoms with Gasteiger partial charge in [-0.1, -0.05) is 0 Å². The number of hydrogen-bond acceptors (Lipinski definition) is 5. The molecule has 1 saturated heterocycles. The maximum Gasteiger partial charge on any atom is 0.282 e. The molecule has 0 radical (unpaired) electrons. The van der Waals surface area contributed by atoms with Crippen LogP contribution in [0.4, 0.5) is 14.7 Å². The van der Waals surface area contributed by atoms with Crippen LogP contribution < -0.4 is 4.90 Å². The molecule has 0 N–H and O–H groups in total. The maximum absolute atomic E-state index is 13.0. The molecule has 3 aromatic heterocycles. The van der Waals surface area contributed by atoms with Gasteiger partial charge in [0, 0.05) is 26.6 Å². The Morgan fingerprint density at radius 1 is 1.08 bits per heavy atom. The minimum absolute atomic E-state index is 0.210. The molecule has 0 atom stereocenters. The van der Waals surface area contributed by atoms with Gasteiger partial charge >= 0.3 is 0 Å². The predicted molar refractivity (Wildman–Crippen MR) is 92.5 cm³/mol. The van der Waals surface area contributed by atoms with Gasteiger partial charge in [0.05, 0.1) is 11.4 Å². The standard InChI is InChI=1S/C17H21F2N7/c1-11-15(16(18)19)20-14-8-6-12(22-26(11)14)5-7-13-21-17(23-24(13)2)25-9-3-4-10-25/h6,8,16H,3-5,7,9-10H2,1-2H3. The van der Waals surface area contributed by atoms with Gasteiger partial charge in [0.15, 0.2) is 5.65 Å². The van der Waals surface area contributed by atoms with Crippen molar-refractivity contribution < 1.29 is 8.78 Å². The van der Waals surface area contributed by atoms with Crippen molar-refractivity contribution in [2.24, 2.45) is 7.05 Å². The third kappa shape index (κ3) is 3.02. The van der Waals surface area contributed by atoms with E-state index in [-0.39, 0.29) is 5.69 Å². The van der Waals surface area contributed by atoms with Gasteiger partial charge in [-0.25, -0.2) is 18.3 Å². The largest absolute Gasteiger partial charge is 0.340 e. The Morgan fingerprint density at radius 3 is 2.58 bits per heavy atom. The van der Waals surface area contributed by atoms with Crippen molar-refractivity contribution in [2.75, 3.05) is 18.0 Å². The lowest BCUT2D eigenvalue weighted by atomic mass is 10.2. The van der Waals surface area contributed by atoms with Crippen molar-refractivity contribution in [3.05, 3.63) is 35.0 Å². The van der Waals surface area contributed by atoms with Crippen LogP contribution in [0.1, 0.15) is 42.2 Å². The number of rotatable bonds is 5. The summed E-state index contributed by atoms with van der Waals surface area (Å²) in [6.45, 7) is 3.63. The molecule has 1 aliphatic rings. The van der Waals surface area contributed by atoms with Crippen LogP contribution in [0.15, 0.2) is 12.1 Å². The fourth-order valence-electron chi connectivity index (χ4n) is 3.35. The molecule has 0 amide bonds. The quantitative estimate of drug-likeness (QED) is 0.699. The van der Waals surface area contributed by atoms with E-state index in [1.807, 2.05) is 17.8 Å². The molecule has 0 saturated carbocycles. The van der Waals surface area contributed by atoms with Crippen molar-refractivity contribution in [1.82, 2.24) is 29.4 Å². The lowest BCUT2D eigenvalue weighted by Crippen LogP contribution is -2.19. The smallest absolute Gasteiger partial charge is 0.282 e. The fraction of sp³-hybridized carbons (Fsp3) is 0.529. The van der Waals surface area contributed by atoms with E-state index in [4.69, 9.17) is 0 Å². The normalized spacial score (nSPS) is 14.9. The topological polar surface area (TPSA) is 64.1 Å². The summed E-state index contributed by atoms with van der Waals surface area (Å²) in [6.07, 6.45) is 1.11. The van der Waals surface area contributed by atoms with Crippen molar-refractivity contribution in [2.45, 2.75) is 39.0 Å². The van der Waals surface area contributed by atoms with Gasteiger partial charge in [-0.3, -0.25) is 4.68 Å². The summed E-state index contributed by atoms with van der Waals surface area (Å²) in [5, 5.41) is 8.96. The van der Waals surface area contributed by atoms with Crippen LogP contribution in [0.3, 0.4) is 0 Å². The van der Waals surface area contributed by atoms with Crippen molar-refractivity contribution in [1.29, 1.82) is 0 Å². The molecule has 1 fully saturated rings. The Balaban J connectivity index is 1.52. The number of aryl methyl sites for hydroxylation is 4. The number of halogens is 2. The maximum atomic E-state index is 13.0. The van der Waals surface area contributed by atoms with Gasteiger partial charge in [0.1, 0.15) is 11.5 Å². The van der Waals surface area contributed by atoms with E-state index in [0.717, 1.165) is 30.6 Å². The number of aromatic nitrogens is 6. The van der Waals surface area contributed by atoms with Gasteiger partial charge in [0.25, 0.3) is 6.43 Å². The van der Waals surface area contributed by atoms with Gasteiger partial charge in [-0.05, 0) is 38.3 Å². The van der Waals surface area contributed by atoms with E-state index in [1.165, 1.54) is 17.4 Å². The average Bonchev–Trinajstić information content (AvgIpc) is 3.33. The lowest BCUT2D eigenvalue weighted by Gasteiger charge is -2.10.